The monoisotopic (exact) mass is 245 g/mol. The Hall–Kier alpha value is -1.83. The zero-order valence-corrected chi connectivity index (χ0v) is 9.39. The third kappa shape index (κ3) is 4.21. The van der Waals surface area contributed by atoms with E-state index in [-0.39, 0.29) is 20.6 Å². The average Bonchev–Trinajstić information content (AvgIpc) is 2.30. The number of allylic oxidation sites excluding steroid dienone is 2. The Kier molecular flexibility index (Phi) is 6.73. The quantitative estimate of drug-likeness (QED) is 0.797. The van der Waals surface area contributed by atoms with E-state index >= 15 is 0 Å². The molecule has 0 spiro atoms. The topological polar surface area (TPSA) is 20.3 Å². The number of hydrogen-bond acceptors (Lipinski definition) is 2. The molecule has 0 saturated carbocycles. The molecule has 0 saturated heterocycles. The molecule has 2 nitrogen and oxygen atoms in total. The third-order valence-electron chi connectivity index (χ3n) is 2.62. The van der Waals surface area contributed by atoms with Gasteiger partial charge < -0.3 is 4.90 Å². The summed E-state index contributed by atoms with van der Waals surface area (Å²) in [5, 5.41) is 0. The van der Waals surface area contributed by atoms with Gasteiger partial charge in [0, 0.05) is 24.5 Å². The van der Waals surface area contributed by atoms with Crippen molar-refractivity contribution in [2.75, 3.05) is 0 Å². The Balaban J connectivity index is 0.00000144. The van der Waals surface area contributed by atoms with Crippen LogP contribution in [-0.4, -0.2) is 10.7 Å². The lowest BCUT2D eigenvalue weighted by molar-refractivity contribution is -0.113. The predicted molar refractivity (Wildman–Crippen MR) is 78.0 cm³/mol. The van der Waals surface area contributed by atoms with Gasteiger partial charge in [-0.1, -0.05) is 51.3 Å². The molecule has 0 amide bonds. The van der Waals surface area contributed by atoms with Gasteiger partial charge in [0.15, 0.2) is 5.78 Å². The van der Waals surface area contributed by atoms with Crippen LogP contribution < -0.4 is 0 Å². The van der Waals surface area contributed by atoms with Crippen molar-refractivity contribution in [3.8, 4) is 0 Å². The number of Topliss-reactive ketones (excluding diaryl/α,β-unsaturated/α-hetero) is 1. The second kappa shape index (κ2) is 7.49. The number of hydrogen-bond donors (Lipinski definition) is 0. The summed E-state index contributed by atoms with van der Waals surface area (Å²) in [5.74, 6) is 0.155. The molecule has 0 atom stereocenters. The highest BCUT2D eigenvalue weighted by Crippen LogP contribution is 2.15. The number of carbonyl (C=O) groups is 1. The van der Waals surface area contributed by atoms with Crippen LogP contribution in [0.5, 0.6) is 0 Å². The Morgan fingerprint density at radius 2 is 1.89 bits per heavy atom. The summed E-state index contributed by atoms with van der Waals surface area (Å²) >= 11 is 0. The maximum atomic E-state index is 11.3. The summed E-state index contributed by atoms with van der Waals surface area (Å²) in [6.07, 6.45) is 6.75. The average molecular weight is 245 g/mol. The zero-order chi connectivity index (χ0) is 11.4. The summed E-state index contributed by atoms with van der Waals surface area (Å²) in [6.45, 7) is 2.43. The molecule has 1 aromatic carbocycles. The molecular formula is C16H23NO. The van der Waals surface area contributed by atoms with Crippen LogP contribution in [0, 0.1) is 0 Å². The molecule has 0 N–H and O–H groups in total. The zero-order valence-electron chi connectivity index (χ0n) is 9.39. The third-order valence-corrected chi connectivity index (χ3v) is 2.62. The molecule has 1 aromatic rings. The Bertz CT molecular complexity index is 432. The molecule has 0 radical (unpaired) electrons. The van der Waals surface area contributed by atoms with Gasteiger partial charge in [-0.3, -0.25) is 4.79 Å². The van der Waals surface area contributed by atoms with Crippen molar-refractivity contribution < 1.29 is 4.79 Å². The Morgan fingerprint density at radius 3 is 2.50 bits per heavy atom. The molecule has 0 aliphatic carbocycles. The SMILES string of the molecule is C.C.CC(=O)C1=CN(Cc2ccccc2)C=CC1. The molecule has 2 heteroatoms. The van der Waals surface area contributed by atoms with Crippen molar-refractivity contribution in [3.05, 3.63) is 59.9 Å². The van der Waals surface area contributed by atoms with Crippen LogP contribution in [0.2, 0.25) is 0 Å². The molecule has 98 valence electrons. The first-order valence-corrected chi connectivity index (χ1v) is 5.43. The van der Waals surface area contributed by atoms with E-state index in [1.807, 2.05) is 36.7 Å². The van der Waals surface area contributed by atoms with Gasteiger partial charge >= 0.3 is 0 Å². The van der Waals surface area contributed by atoms with Gasteiger partial charge in [0.2, 0.25) is 0 Å². The first-order chi connectivity index (χ1) is 7.75. The van der Waals surface area contributed by atoms with Crippen molar-refractivity contribution in [3.63, 3.8) is 0 Å². The van der Waals surface area contributed by atoms with E-state index in [9.17, 15) is 4.79 Å². The van der Waals surface area contributed by atoms with Crippen LogP contribution in [0.15, 0.2) is 54.4 Å². The molecule has 0 aromatic heterocycles. The molecular weight excluding hydrogens is 222 g/mol. The van der Waals surface area contributed by atoms with Gasteiger partial charge in [-0.25, -0.2) is 0 Å². The second-order valence-electron chi connectivity index (χ2n) is 3.96. The van der Waals surface area contributed by atoms with E-state index in [4.69, 9.17) is 0 Å². The molecule has 0 unspecified atom stereocenters. The molecule has 1 aliphatic heterocycles. The molecule has 0 fully saturated rings. The number of rotatable bonds is 3. The summed E-state index contributed by atoms with van der Waals surface area (Å²) in [7, 11) is 0. The minimum atomic E-state index is 0. The van der Waals surface area contributed by atoms with E-state index < -0.39 is 0 Å². The molecule has 2 rings (SSSR count). The maximum absolute atomic E-state index is 11.3. The van der Waals surface area contributed by atoms with Crippen molar-refractivity contribution in [1.82, 2.24) is 4.90 Å². The highest BCUT2D eigenvalue weighted by molar-refractivity contribution is 5.93. The largest absolute Gasteiger partial charge is 0.350 e. The normalized spacial score (nSPS) is 13.2. The van der Waals surface area contributed by atoms with Gasteiger partial charge in [0.05, 0.1) is 0 Å². The van der Waals surface area contributed by atoms with Crippen LogP contribution in [-0.2, 0) is 11.3 Å². The van der Waals surface area contributed by atoms with Gasteiger partial charge in [0.25, 0.3) is 0 Å². The molecule has 1 aliphatic rings. The fourth-order valence-corrected chi connectivity index (χ4v) is 1.74. The summed E-state index contributed by atoms with van der Waals surface area (Å²) in [6, 6.07) is 10.2. The fraction of sp³-hybridized carbons (Fsp3) is 0.312. The van der Waals surface area contributed by atoms with Crippen molar-refractivity contribution >= 4 is 5.78 Å². The minimum absolute atomic E-state index is 0. The molecule has 0 bridgehead atoms. The first-order valence-electron chi connectivity index (χ1n) is 5.43. The van der Waals surface area contributed by atoms with Gasteiger partial charge in [-0.05, 0) is 18.9 Å². The number of benzene rings is 1. The van der Waals surface area contributed by atoms with Crippen LogP contribution in [0.4, 0.5) is 0 Å². The van der Waals surface area contributed by atoms with Crippen LogP contribution in [0.25, 0.3) is 0 Å². The fourth-order valence-electron chi connectivity index (χ4n) is 1.74. The number of carbonyl (C=O) groups excluding carboxylic acids is 1. The van der Waals surface area contributed by atoms with E-state index in [0.717, 1.165) is 18.5 Å². The Morgan fingerprint density at radius 1 is 1.22 bits per heavy atom. The molecule has 1 heterocycles. The lowest BCUT2D eigenvalue weighted by atomic mass is 10.1. The van der Waals surface area contributed by atoms with E-state index in [1.54, 1.807) is 6.92 Å². The van der Waals surface area contributed by atoms with Crippen LogP contribution in [0.3, 0.4) is 0 Å². The highest BCUT2D eigenvalue weighted by Gasteiger charge is 2.08. The summed E-state index contributed by atoms with van der Waals surface area (Å²) in [5.41, 5.74) is 2.12. The van der Waals surface area contributed by atoms with Crippen molar-refractivity contribution in [1.29, 1.82) is 0 Å². The van der Waals surface area contributed by atoms with Crippen LogP contribution in [0.1, 0.15) is 33.8 Å². The summed E-state index contributed by atoms with van der Waals surface area (Å²) < 4.78 is 0. The second-order valence-corrected chi connectivity index (χ2v) is 3.96. The maximum Gasteiger partial charge on any atom is 0.157 e. The lowest BCUT2D eigenvalue weighted by Gasteiger charge is -2.20. The standard InChI is InChI=1S/C14H15NO.2CH4/c1-12(16)14-8-5-9-15(11-14)10-13-6-3-2-4-7-13;;/h2-7,9,11H,8,10H2,1H3;2*1H4. The lowest BCUT2D eigenvalue weighted by Crippen LogP contribution is -2.15. The predicted octanol–water partition coefficient (Wildman–Crippen LogP) is 4.15. The number of nitrogens with zero attached hydrogens (tertiary/aromatic N) is 1. The summed E-state index contributed by atoms with van der Waals surface area (Å²) in [4.78, 5) is 13.3. The van der Waals surface area contributed by atoms with Crippen LogP contribution >= 0.6 is 0 Å². The van der Waals surface area contributed by atoms with Gasteiger partial charge in [-0.2, -0.15) is 0 Å². The minimum Gasteiger partial charge on any atom is -0.350 e. The highest BCUT2D eigenvalue weighted by atomic mass is 16.1. The van der Waals surface area contributed by atoms with Crippen molar-refractivity contribution in [2.45, 2.75) is 34.7 Å². The van der Waals surface area contributed by atoms with Crippen molar-refractivity contribution in [2.24, 2.45) is 0 Å². The smallest absolute Gasteiger partial charge is 0.157 e. The first kappa shape index (κ1) is 16.2. The number of ketones is 1. The van der Waals surface area contributed by atoms with E-state index in [0.29, 0.717) is 0 Å². The van der Waals surface area contributed by atoms with E-state index in [2.05, 4.69) is 17.0 Å². The van der Waals surface area contributed by atoms with E-state index in [1.165, 1.54) is 5.56 Å². The van der Waals surface area contributed by atoms with Gasteiger partial charge in [0.1, 0.15) is 0 Å². The molecule has 18 heavy (non-hydrogen) atoms. The van der Waals surface area contributed by atoms with Gasteiger partial charge in [-0.15, -0.1) is 0 Å². The Labute approximate surface area is 111 Å².